The second-order valence-electron chi connectivity index (χ2n) is 13.3. The number of phenolic OH excluding ortho intramolecular Hbond substituents is 2. The van der Waals surface area contributed by atoms with E-state index in [0.29, 0.717) is 23.0 Å². The number of benzene rings is 7. The van der Waals surface area contributed by atoms with E-state index in [1.807, 2.05) is 97.1 Å². The molecular weight excluding hydrogens is 778 g/mol. The van der Waals surface area contributed by atoms with Crippen LogP contribution in [0.25, 0.3) is 43.8 Å². The summed E-state index contributed by atoms with van der Waals surface area (Å²) in [6, 6.07) is 44.3. The van der Waals surface area contributed by atoms with Gasteiger partial charge in [-0.25, -0.2) is 0 Å². The van der Waals surface area contributed by atoms with E-state index in [0.717, 1.165) is 66.3 Å². The Kier molecular flexibility index (Phi) is 18.7. The topological polar surface area (TPSA) is 65.2 Å². The molecule has 0 aliphatic rings. The van der Waals surface area contributed by atoms with E-state index in [1.165, 1.54) is 0 Å². The van der Waals surface area contributed by atoms with Crippen LogP contribution in [0.3, 0.4) is 0 Å². The SMILES string of the molecule is CC(C)c1ccccc1N=Cc1cccc(-c2c3ccccc3c(-c3cccc(C=Nc4ccccc4C(C)C)c3O)c3ccccc23)c1O.[CH3-].[CH3-].[CH3-].[CH3-].[Ni+2].[Ni+2]. The molecule has 7 aromatic rings. The third-order valence-corrected chi connectivity index (χ3v) is 9.41. The van der Waals surface area contributed by atoms with Crippen molar-refractivity contribution in [1.29, 1.82) is 0 Å². The molecule has 0 aliphatic heterocycles. The largest absolute Gasteiger partial charge is 2.00 e. The van der Waals surface area contributed by atoms with Crippen molar-refractivity contribution in [3.8, 4) is 33.8 Å². The number of aliphatic imine (C=N–C) groups is 2. The van der Waals surface area contributed by atoms with Gasteiger partial charge in [-0.05, 0) is 68.8 Å². The molecule has 0 aromatic heterocycles. The van der Waals surface area contributed by atoms with Crippen LogP contribution in [-0.2, 0) is 33.0 Å². The first kappa shape index (κ1) is 49.0. The van der Waals surface area contributed by atoms with Gasteiger partial charge in [-0.3, -0.25) is 9.98 Å². The van der Waals surface area contributed by atoms with Crippen molar-refractivity contribution in [3.63, 3.8) is 0 Å². The van der Waals surface area contributed by atoms with E-state index in [2.05, 4.69) is 64.1 Å². The van der Waals surface area contributed by atoms with Crippen molar-refractivity contribution in [2.24, 2.45) is 9.98 Å². The average Bonchev–Trinajstić information content (AvgIpc) is 3.13. The third-order valence-electron chi connectivity index (χ3n) is 9.41. The molecule has 0 heterocycles. The standard InChI is InChI=1S/C46H40N2O2.4CH3.2Ni/c1-29(2)33-17-9-11-25-41(33)47-27-31-15-13-23-39(45(31)49)43-35-19-5-7-21-37(35)44(38-22-8-6-20-36(38)43)40-24-14-16-32(46(40)50)28-48-42-26-12-10-18-34(42)30(3)4;;;;;;/h5-30,49-50H,1-4H3;4*1H3;;/q;4*-1;2*+2. The Morgan fingerprint density at radius 1 is 0.411 bits per heavy atom. The van der Waals surface area contributed by atoms with Crippen molar-refractivity contribution in [1.82, 2.24) is 0 Å². The minimum atomic E-state index is 0. The first-order valence-corrected chi connectivity index (χ1v) is 17.2. The molecule has 0 unspecified atom stereocenters. The Morgan fingerprint density at radius 2 is 0.714 bits per heavy atom. The monoisotopic (exact) mass is 828 g/mol. The maximum absolute atomic E-state index is 11.8. The first-order valence-electron chi connectivity index (χ1n) is 17.2. The minimum absolute atomic E-state index is 0. The number of rotatable bonds is 8. The summed E-state index contributed by atoms with van der Waals surface area (Å²) < 4.78 is 0. The van der Waals surface area contributed by atoms with E-state index < -0.39 is 0 Å². The van der Waals surface area contributed by atoms with Crippen molar-refractivity contribution in [3.05, 3.63) is 185 Å². The molecule has 0 atom stereocenters. The molecule has 56 heavy (non-hydrogen) atoms. The Bertz CT molecular complexity index is 2210. The van der Waals surface area contributed by atoms with E-state index in [9.17, 15) is 10.2 Å². The van der Waals surface area contributed by atoms with Gasteiger partial charge in [0.05, 0.1) is 11.4 Å². The molecule has 294 valence electrons. The van der Waals surface area contributed by atoms with Gasteiger partial charge in [-0.2, -0.15) is 0 Å². The average molecular weight is 830 g/mol. The molecule has 0 saturated carbocycles. The molecule has 4 nitrogen and oxygen atoms in total. The first-order chi connectivity index (χ1) is 24.3. The smallest absolute Gasteiger partial charge is 0.507 e. The van der Waals surface area contributed by atoms with Gasteiger partial charge in [-0.1, -0.05) is 137 Å². The molecule has 6 heteroatoms. The number of phenols is 2. The second-order valence-corrected chi connectivity index (χ2v) is 13.3. The van der Waals surface area contributed by atoms with Crippen LogP contribution in [0.5, 0.6) is 11.5 Å². The summed E-state index contributed by atoms with van der Waals surface area (Å²) in [5, 5.41) is 27.6. The van der Waals surface area contributed by atoms with Gasteiger partial charge in [0.15, 0.2) is 0 Å². The zero-order valence-electron chi connectivity index (χ0n) is 33.4. The summed E-state index contributed by atoms with van der Waals surface area (Å²) in [6.07, 6.45) is 3.51. The molecule has 0 fully saturated rings. The summed E-state index contributed by atoms with van der Waals surface area (Å²) in [5.41, 5.74) is 8.68. The molecule has 0 radical (unpaired) electrons. The summed E-state index contributed by atoms with van der Waals surface area (Å²) in [5.74, 6) is 0.996. The van der Waals surface area contributed by atoms with E-state index >= 15 is 0 Å². The number of hydrogen-bond acceptors (Lipinski definition) is 4. The summed E-state index contributed by atoms with van der Waals surface area (Å²) >= 11 is 0. The summed E-state index contributed by atoms with van der Waals surface area (Å²) in [7, 11) is 0. The maximum Gasteiger partial charge on any atom is 2.00 e. The fourth-order valence-electron chi connectivity index (χ4n) is 6.91. The maximum atomic E-state index is 11.8. The van der Waals surface area contributed by atoms with Gasteiger partial charge in [-0.15, -0.1) is 0 Å². The predicted octanol–water partition coefficient (Wildman–Crippen LogP) is 14.3. The Morgan fingerprint density at radius 3 is 1.04 bits per heavy atom. The van der Waals surface area contributed by atoms with Crippen molar-refractivity contribution < 1.29 is 43.2 Å². The van der Waals surface area contributed by atoms with Crippen LogP contribution < -0.4 is 0 Å². The zero-order valence-corrected chi connectivity index (χ0v) is 35.4. The van der Waals surface area contributed by atoms with E-state index in [4.69, 9.17) is 9.98 Å². The van der Waals surface area contributed by atoms with Gasteiger partial charge in [0.1, 0.15) is 11.5 Å². The van der Waals surface area contributed by atoms with Crippen LogP contribution in [0.2, 0.25) is 0 Å². The summed E-state index contributed by atoms with van der Waals surface area (Å²) in [4.78, 5) is 9.63. The van der Waals surface area contributed by atoms with Gasteiger partial charge >= 0.3 is 33.0 Å². The molecule has 7 aromatic carbocycles. The molecule has 0 spiro atoms. The van der Waals surface area contributed by atoms with Gasteiger partial charge in [0.2, 0.25) is 0 Å². The van der Waals surface area contributed by atoms with E-state index in [1.54, 1.807) is 12.4 Å². The number of para-hydroxylation sites is 4. The number of aromatic hydroxyl groups is 2. The fourth-order valence-corrected chi connectivity index (χ4v) is 6.91. The van der Waals surface area contributed by atoms with Crippen molar-refractivity contribution in [2.75, 3.05) is 0 Å². The fraction of sp³-hybridized carbons (Fsp3) is 0.120. The Balaban J connectivity index is 0.00000261. The van der Waals surface area contributed by atoms with Crippen LogP contribution in [-0.4, -0.2) is 22.6 Å². The molecule has 2 N–H and O–H groups in total. The number of fused-ring (bicyclic) bond motifs is 2. The Hall–Kier alpha value is -5.01. The molecular formula is C50H52N2Ni2O2. The van der Waals surface area contributed by atoms with Crippen LogP contribution in [0, 0.1) is 29.7 Å². The molecule has 0 aliphatic carbocycles. The minimum Gasteiger partial charge on any atom is -0.507 e. The quantitative estimate of drug-likeness (QED) is 0.0693. The second kappa shape index (κ2) is 21.3. The Labute approximate surface area is 355 Å². The molecule has 7 rings (SSSR count). The van der Waals surface area contributed by atoms with Gasteiger partial charge < -0.3 is 39.9 Å². The van der Waals surface area contributed by atoms with Crippen LogP contribution in [0.15, 0.2) is 143 Å². The normalized spacial score (nSPS) is 10.7. The molecule has 0 bridgehead atoms. The zero-order chi connectivity index (χ0) is 34.8. The third kappa shape index (κ3) is 9.50. The van der Waals surface area contributed by atoms with Crippen molar-refractivity contribution in [2.45, 2.75) is 39.5 Å². The van der Waals surface area contributed by atoms with E-state index in [-0.39, 0.29) is 74.2 Å². The predicted molar refractivity (Wildman–Crippen MR) is 237 cm³/mol. The van der Waals surface area contributed by atoms with Crippen molar-refractivity contribution >= 4 is 45.3 Å². The van der Waals surface area contributed by atoms with Gasteiger partial charge in [0.25, 0.3) is 0 Å². The van der Waals surface area contributed by atoms with Crippen LogP contribution >= 0.6 is 0 Å². The van der Waals surface area contributed by atoms with Crippen LogP contribution in [0.4, 0.5) is 11.4 Å². The number of nitrogens with zero attached hydrogens (tertiary/aromatic N) is 2. The molecule has 0 saturated heterocycles. The van der Waals surface area contributed by atoms with Crippen LogP contribution in [0.1, 0.15) is 61.8 Å². The summed E-state index contributed by atoms with van der Waals surface area (Å²) in [6.45, 7) is 8.62. The number of hydrogen-bond donors (Lipinski definition) is 2. The van der Waals surface area contributed by atoms with Gasteiger partial charge in [0, 0.05) is 45.8 Å². The molecule has 0 amide bonds.